The Balaban J connectivity index is 0.00000289. The first kappa shape index (κ1) is 17.6. The summed E-state index contributed by atoms with van der Waals surface area (Å²) in [5.74, 6) is 0.907. The lowest BCUT2D eigenvalue weighted by Crippen LogP contribution is -2.39. The molecule has 0 aliphatic heterocycles. The van der Waals surface area contributed by atoms with Gasteiger partial charge in [-0.25, -0.2) is 0 Å². The van der Waals surface area contributed by atoms with Crippen LogP contribution in [0.3, 0.4) is 0 Å². The van der Waals surface area contributed by atoms with Crippen LogP contribution >= 0.6 is 35.6 Å². The molecule has 0 saturated heterocycles. The summed E-state index contributed by atoms with van der Waals surface area (Å²) in [4.78, 5) is 6.33. The van der Waals surface area contributed by atoms with E-state index in [2.05, 4.69) is 22.1 Å². The molecular weight excluding hydrogens is 363 g/mol. The van der Waals surface area contributed by atoms with E-state index in [0.29, 0.717) is 0 Å². The fourth-order valence-corrected chi connectivity index (χ4v) is 1.94. The third kappa shape index (κ3) is 5.06. The molecule has 0 fully saturated rings. The van der Waals surface area contributed by atoms with Gasteiger partial charge in [0.15, 0.2) is 5.96 Å². The van der Waals surface area contributed by atoms with E-state index < -0.39 is 0 Å². The Kier molecular flexibility index (Phi) is 8.43. The Morgan fingerprint density at radius 3 is 2.67 bits per heavy atom. The fourth-order valence-electron chi connectivity index (χ4n) is 1.66. The number of nitrogens with one attached hydrogen (secondary N) is 1. The lowest BCUT2D eigenvalue weighted by atomic mass is 10.4. The summed E-state index contributed by atoms with van der Waals surface area (Å²) in [6.07, 6.45) is 3.00. The molecule has 0 spiro atoms. The number of nitrogens with zero attached hydrogens (tertiary/aromatic N) is 3. The van der Waals surface area contributed by atoms with Gasteiger partial charge in [-0.1, -0.05) is 18.5 Å². The minimum absolute atomic E-state index is 0. The minimum atomic E-state index is 0. The first-order valence-corrected chi connectivity index (χ1v) is 6.18. The van der Waals surface area contributed by atoms with Crippen LogP contribution in [0.5, 0.6) is 0 Å². The van der Waals surface area contributed by atoms with Crippen LogP contribution in [0.4, 0.5) is 0 Å². The number of aromatic nitrogens is 1. The van der Waals surface area contributed by atoms with Gasteiger partial charge in [-0.2, -0.15) is 0 Å². The summed E-state index contributed by atoms with van der Waals surface area (Å²) in [6.45, 7) is 3.86. The predicted octanol–water partition coefficient (Wildman–Crippen LogP) is 2.71. The second kappa shape index (κ2) is 8.63. The van der Waals surface area contributed by atoms with Crippen LogP contribution in [0.15, 0.2) is 17.3 Å². The van der Waals surface area contributed by atoms with Gasteiger partial charge in [0.1, 0.15) is 0 Å². The van der Waals surface area contributed by atoms with E-state index in [4.69, 9.17) is 11.6 Å². The van der Waals surface area contributed by atoms with E-state index in [1.807, 2.05) is 30.9 Å². The molecule has 6 heteroatoms. The first-order chi connectivity index (χ1) is 8.08. The molecule has 0 aliphatic rings. The largest absolute Gasteiger partial charge is 0.356 e. The topological polar surface area (TPSA) is 32.6 Å². The van der Waals surface area contributed by atoms with Gasteiger partial charge >= 0.3 is 0 Å². The van der Waals surface area contributed by atoms with E-state index in [1.165, 1.54) is 0 Å². The molecule has 1 N–H and O–H groups in total. The summed E-state index contributed by atoms with van der Waals surface area (Å²) in [5.41, 5.74) is 1.16. The van der Waals surface area contributed by atoms with Crippen LogP contribution in [-0.4, -0.2) is 36.1 Å². The van der Waals surface area contributed by atoms with Gasteiger partial charge in [-0.05, 0) is 12.5 Å². The highest BCUT2D eigenvalue weighted by atomic mass is 127. The highest BCUT2D eigenvalue weighted by molar-refractivity contribution is 14.0. The van der Waals surface area contributed by atoms with Crippen molar-refractivity contribution in [2.75, 3.05) is 20.6 Å². The standard InChI is InChI=1S/C12H21ClN4.HI/c1-5-6-15-12(14-2)17(4)9-11-7-10(13)8-16(11)3;/h7-8H,5-6,9H2,1-4H3,(H,14,15);1H. The van der Waals surface area contributed by atoms with Crippen molar-refractivity contribution in [2.24, 2.45) is 12.0 Å². The third-order valence-electron chi connectivity index (χ3n) is 2.58. The van der Waals surface area contributed by atoms with E-state index in [1.54, 1.807) is 7.05 Å². The van der Waals surface area contributed by atoms with Crippen LogP contribution in [-0.2, 0) is 13.6 Å². The highest BCUT2D eigenvalue weighted by Gasteiger charge is 2.08. The molecule has 1 rings (SSSR count). The van der Waals surface area contributed by atoms with Crippen molar-refractivity contribution in [1.82, 2.24) is 14.8 Å². The minimum Gasteiger partial charge on any atom is -0.356 e. The lowest BCUT2D eigenvalue weighted by Gasteiger charge is -2.22. The Morgan fingerprint density at radius 1 is 1.56 bits per heavy atom. The molecule has 0 bridgehead atoms. The maximum atomic E-state index is 5.96. The summed E-state index contributed by atoms with van der Waals surface area (Å²) in [7, 11) is 5.82. The molecule has 0 unspecified atom stereocenters. The van der Waals surface area contributed by atoms with E-state index >= 15 is 0 Å². The van der Waals surface area contributed by atoms with Gasteiger partial charge in [0.05, 0.1) is 11.6 Å². The average molecular weight is 385 g/mol. The number of hydrogen-bond acceptors (Lipinski definition) is 1. The van der Waals surface area contributed by atoms with Crippen LogP contribution in [0, 0.1) is 0 Å². The van der Waals surface area contributed by atoms with Crippen LogP contribution < -0.4 is 5.32 Å². The predicted molar refractivity (Wildman–Crippen MR) is 89.0 cm³/mol. The fraction of sp³-hybridized carbons (Fsp3) is 0.583. The first-order valence-electron chi connectivity index (χ1n) is 5.81. The molecule has 0 amide bonds. The molecule has 1 aromatic rings. The van der Waals surface area contributed by atoms with Crippen LogP contribution in [0.1, 0.15) is 19.0 Å². The molecular formula is C12H22ClIN4. The van der Waals surface area contributed by atoms with Gasteiger partial charge in [0, 0.05) is 39.6 Å². The lowest BCUT2D eigenvalue weighted by molar-refractivity contribution is 0.462. The summed E-state index contributed by atoms with van der Waals surface area (Å²) >= 11 is 5.96. The Morgan fingerprint density at radius 2 is 2.22 bits per heavy atom. The van der Waals surface area contributed by atoms with Crippen molar-refractivity contribution in [3.8, 4) is 0 Å². The van der Waals surface area contributed by atoms with E-state index in [9.17, 15) is 0 Å². The second-order valence-electron chi connectivity index (χ2n) is 4.09. The molecule has 0 saturated carbocycles. The monoisotopic (exact) mass is 384 g/mol. The average Bonchev–Trinajstić information content (AvgIpc) is 2.58. The Labute approximate surface area is 131 Å². The SMILES string of the molecule is CCCNC(=NC)N(C)Cc1cc(Cl)cn1C.I. The van der Waals surface area contributed by atoms with Gasteiger partial charge in [-0.3, -0.25) is 4.99 Å². The van der Waals surface area contributed by atoms with Gasteiger partial charge in [0.25, 0.3) is 0 Å². The van der Waals surface area contributed by atoms with Crippen LogP contribution in [0.2, 0.25) is 5.02 Å². The van der Waals surface area contributed by atoms with Crippen molar-refractivity contribution in [1.29, 1.82) is 0 Å². The smallest absolute Gasteiger partial charge is 0.193 e. The highest BCUT2D eigenvalue weighted by Crippen LogP contribution is 2.14. The molecule has 4 nitrogen and oxygen atoms in total. The van der Waals surface area contributed by atoms with Crippen molar-refractivity contribution >= 4 is 41.5 Å². The van der Waals surface area contributed by atoms with Crippen molar-refractivity contribution < 1.29 is 0 Å². The molecule has 1 aromatic heterocycles. The number of aryl methyl sites for hydroxylation is 1. The van der Waals surface area contributed by atoms with Crippen LogP contribution in [0.25, 0.3) is 0 Å². The Hall–Kier alpha value is -0.430. The second-order valence-corrected chi connectivity index (χ2v) is 4.53. The quantitative estimate of drug-likeness (QED) is 0.492. The van der Waals surface area contributed by atoms with Crippen molar-refractivity contribution in [3.05, 3.63) is 23.0 Å². The van der Waals surface area contributed by atoms with Crippen molar-refractivity contribution in [2.45, 2.75) is 19.9 Å². The summed E-state index contributed by atoms with van der Waals surface area (Å²) < 4.78 is 2.03. The van der Waals surface area contributed by atoms with Gasteiger partial charge in [0.2, 0.25) is 0 Å². The van der Waals surface area contributed by atoms with Gasteiger partial charge in [-0.15, -0.1) is 24.0 Å². The molecule has 0 radical (unpaired) electrons. The maximum Gasteiger partial charge on any atom is 0.193 e. The number of aliphatic imine (C=N–C) groups is 1. The van der Waals surface area contributed by atoms with E-state index in [-0.39, 0.29) is 24.0 Å². The zero-order valence-electron chi connectivity index (χ0n) is 11.4. The third-order valence-corrected chi connectivity index (χ3v) is 2.79. The molecule has 104 valence electrons. The van der Waals surface area contributed by atoms with Crippen molar-refractivity contribution in [3.63, 3.8) is 0 Å². The number of guanidine groups is 1. The van der Waals surface area contributed by atoms with E-state index in [0.717, 1.165) is 36.2 Å². The zero-order valence-corrected chi connectivity index (χ0v) is 14.5. The molecule has 0 aliphatic carbocycles. The number of rotatable bonds is 4. The Bertz CT molecular complexity index is 389. The summed E-state index contributed by atoms with van der Waals surface area (Å²) in [6, 6.07) is 1.98. The number of hydrogen-bond donors (Lipinski definition) is 1. The summed E-state index contributed by atoms with van der Waals surface area (Å²) in [5, 5.41) is 4.07. The zero-order chi connectivity index (χ0) is 12.8. The molecule has 1 heterocycles. The molecule has 0 atom stereocenters. The normalized spacial score (nSPS) is 11.1. The number of halogens is 2. The molecule has 18 heavy (non-hydrogen) atoms. The maximum absolute atomic E-state index is 5.96. The van der Waals surface area contributed by atoms with Gasteiger partial charge < -0.3 is 14.8 Å². The molecule has 0 aromatic carbocycles.